The van der Waals surface area contributed by atoms with Crippen molar-refractivity contribution < 1.29 is 18.7 Å². The molecule has 0 spiro atoms. The molecule has 1 amide bonds. The summed E-state index contributed by atoms with van der Waals surface area (Å²) >= 11 is 0. The van der Waals surface area contributed by atoms with E-state index < -0.39 is 11.7 Å². The monoisotopic (exact) mass is 338 g/mol. The molecule has 0 atom stereocenters. The lowest BCUT2D eigenvalue weighted by Gasteiger charge is -2.32. The minimum atomic E-state index is -0.606. The average molecular weight is 338 g/mol. The van der Waals surface area contributed by atoms with E-state index in [1.807, 2.05) is 0 Å². The molecular formula is C18H27FN2O3. The Hall–Kier alpha value is -1.82. The van der Waals surface area contributed by atoms with Crippen molar-refractivity contribution in [3.8, 4) is 11.5 Å². The molecule has 1 fully saturated rings. The van der Waals surface area contributed by atoms with Crippen LogP contribution in [0.3, 0.4) is 0 Å². The van der Waals surface area contributed by atoms with Crippen LogP contribution in [0.5, 0.6) is 11.5 Å². The van der Waals surface area contributed by atoms with E-state index in [9.17, 15) is 9.18 Å². The fourth-order valence-corrected chi connectivity index (χ4v) is 3.05. The molecule has 0 radical (unpaired) electrons. The third kappa shape index (κ3) is 4.38. The van der Waals surface area contributed by atoms with Crippen molar-refractivity contribution >= 4 is 5.91 Å². The van der Waals surface area contributed by atoms with Crippen LogP contribution < -0.4 is 14.8 Å². The van der Waals surface area contributed by atoms with Crippen LogP contribution >= 0.6 is 0 Å². The number of rotatable bonds is 7. The normalized spacial score (nSPS) is 16.0. The van der Waals surface area contributed by atoms with Crippen molar-refractivity contribution in [2.45, 2.75) is 38.6 Å². The summed E-state index contributed by atoms with van der Waals surface area (Å²) in [7, 11) is 2.86. The molecule has 5 nitrogen and oxygen atoms in total. The van der Waals surface area contributed by atoms with E-state index in [1.54, 1.807) is 0 Å². The summed E-state index contributed by atoms with van der Waals surface area (Å²) in [4.78, 5) is 15.0. The van der Waals surface area contributed by atoms with Gasteiger partial charge in [-0.3, -0.25) is 4.79 Å². The summed E-state index contributed by atoms with van der Waals surface area (Å²) in [6, 6.07) is 2.74. The van der Waals surface area contributed by atoms with E-state index in [1.165, 1.54) is 39.2 Å². The molecule has 1 aromatic rings. The summed E-state index contributed by atoms with van der Waals surface area (Å²) < 4.78 is 24.5. The first-order chi connectivity index (χ1) is 11.6. The fourth-order valence-electron chi connectivity index (χ4n) is 3.05. The van der Waals surface area contributed by atoms with Crippen molar-refractivity contribution in [2.75, 3.05) is 33.9 Å². The van der Waals surface area contributed by atoms with E-state index >= 15 is 0 Å². The van der Waals surface area contributed by atoms with Gasteiger partial charge in [-0.05, 0) is 37.9 Å². The molecule has 134 valence electrons. The quantitative estimate of drug-likeness (QED) is 0.831. The molecule has 24 heavy (non-hydrogen) atoms. The maximum absolute atomic E-state index is 14.2. The summed E-state index contributed by atoms with van der Waals surface area (Å²) in [5.41, 5.74) is -0.0923. The molecule has 0 aliphatic carbocycles. The van der Waals surface area contributed by atoms with Crippen LogP contribution in [0.15, 0.2) is 12.1 Å². The Bertz CT molecular complexity index is 557. The number of amides is 1. The average Bonchev–Trinajstić information content (AvgIpc) is 2.60. The Morgan fingerprint density at radius 1 is 1.29 bits per heavy atom. The molecule has 0 bridgehead atoms. The van der Waals surface area contributed by atoms with Crippen LogP contribution in [0, 0.1) is 5.82 Å². The summed E-state index contributed by atoms with van der Waals surface area (Å²) in [5.74, 6) is -0.574. The zero-order valence-electron chi connectivity index (χ0n) is 14.7. The van der Waals surface area contributed by atoms with Gasteiger partial charge in [0.1, 0.15) is 11.4 Å². The topological polar surface area (TPSA) is 50.8 Å². The number of nitrogens with one attached hydrogen (secondary N) is 1. The first kappa shape index (κ1) is 18.5. The molecule has 1 heterocycles. The lowest BCUT2D eigenvalue weighted by atomic mass is 10.0. The van der Waals surface area contributed by atoms with Gasteiger partial charge < -0.3 is 19.7 Å². The number of halogens is 1. The highest BCUT2D eigenvalue weighted by Gasteiger charge is 2.26. The van der Waals surface area contributed by atoms with Gasteiger partial charge in [-0.1, -0.05) is 13.3 Å². The number of hydrogen-bond acceptors (Lipinski definition) is 4. The molecule has 1 aliphatic heterocycles. The first-order valence-electron chi connectivity index (χ1n) is 8.54. The number of methoxy groups -OCH3 is 2. The zero-order chi connectivity index (χ0) is 17.5. The number of carbonyl (C=O) groups excluding carboxylic acids is 1. The Kier molecular flexibility index (Phi) is 6.85. The molecule has 0 unspecified atom stereocenters. The van der Waals surface area contributed by atoms with Gasteiger partial charge in [-0.25, -0.2) is 4.39 Å². The number of nitrogens with zero attached hydrogens (tertiary/aromatic N) is 1. The summed E-state index contributed by atoms with van der Waals surface area (Å²) in [6.07, 6.45) is 4.14. The highest BCUT2D eigenvalue weighted by atomic mass is 19.1. The van der Waals surface area contributed by atoms with Crippen molar-refractivity contribution in [1.82, 2.24) is 10.2 Å². The molecule has 1 N–H and O–H groups in total. The molecule has 2 rings (SSSR count). The van der Waals surface area contributed by atoms with Crippen LogP contribution in [-0.2, 0) is 0 Å². The number of likely N-dealkylation sites (tertiary alicyclic amines) is 1. The number of hydrogen-bond donors (Lipinski definition) is 1. The highest BCUT2D eigenvalue weighted by Crippen LogP contribution is 2.32. The first-order valence-corrected chi connectivity index (χ1v) is 8.54. The summed E-state index contributed by atoms with van der Waals surface area (Å²) in [5, 5.41) is 2.94. The van der Waals surface area contributed by atoms with Gasteiger partial charge in [-0.15, -0.1) is 0 Å². The van der Waals surface area contributed by atoms with Gasteiger partial charge in [0.25, 0.3) is 5.91 Å². The van der Waals surface area contributed by atoms with E-state index in [0.717, 1.165) is 32.5 Å². The van der Waals surface area contributed by atoms with E-state index in [2.05, 4.69) is 17.1 Å². The molecule has 0 aromatic heterocycles. The van der Waals surface area contributed by atoms with Gasteiger partial charge in [0.05, 0.1) is 14.2 Å². The number of carbonyl (C=O) groups is 1. The van der Waals surface area contributed by atoms with Crippen LogP contribution in [0.2, 0.25) is 0 Å². The van der Waals surface area contributed by atoms with E-state index in [-0.39, 0.29) is 17.4 Å². The minimum absolute atomic E-state index is 0.0608. The smallest absolute Gasteiger partial charge is 0.258 e. The molecule has 6 heteroatoms. The van der Waals surface area contributed by atoms with Gasteiger partial charge in [-0.2, -0.15) is 0 Å². The standard InChI is InChI=1S/C18H27FN2O3/c1-4-5-10-21-11-8-13(9-12-21)20-18(22)16-14(19)6-7-15(23-2)17(16)24-3/h6-7,13H,4-5,8-12H2,1-3H3,(H,20,22). The Morgan fingerprint density at radius 2 is 2.00 bits per heavy atom. The fraction of sp³-hybridized carbons (Fsp3) is 0.611. The maximum atomic E-state index is 14.2. The molecule has 0 saturated carbocycles. The van der Waals surface area contributed by atoms with Crippen molar-refractivity contribution in [3.05, 3.63) is 23.5 Å². The molecule has 1 aliphatic rings. The molecular weight excluding hydrogens is 311 g/mol. The van der Waals surface area contributed by atoms with Crippen LogP contribution in [0.25, 0.3) is 0 Å². The second-order valence-electron chi connectivity index (χ2n) is 6.10. The molecule has 1 saturated heterocycles. The number of piperidine rings is 1. The highest BCUT2D eigenvalue weighted by molar-refractivity contribution is 5.98. The Morgan fingerprint density at radius 3 is 2.58 bits per heavy atom. The lowest BCUT2D eigenvalue weighted by molar-refractivity contribution is 0.0902. The largest absolute Gasteiger partial charge is 0.493 e. The third-order valence-electron chi connectivity index (χ3n) is 4.47. The van der Waals surface area contributed by atoms with Crippen LogP contribution in [-0.4, -0.2) is 50.7 Å². The minimum Gasteiger partial charge on any atom is -0.493 e. The number of benzene rings is 1. The second-order valence-corrected chi connectivity index (χ2v) is 6.10. The van der Waals surface area contributed by atoms with E-state index in [0.29, 0.717) is 5.75 Å². The van der Waals surface area contributed by atoms with Crippen LogP contribution in [0.1, 0.15) is 43.0 Å². The summed E-state index contributed by atoms with van der Waals surface area (Å²) in [6.45, 7) is 5.21. The van der Waals surface area contributed by atoms with Crippen molar-refractivity contribution in [2.24, 2.45) is 0 Å². The predicted octanol–water partition coefficient (Wildman–Crippen LogP) is 2.84. The third-order valence-corrected chi connectivity index (χ3v) is 4.47. The number of unbranched alkanes of at least 4 members (excludes halogenated alkanes) is 1. The van der Waals surface area contributed by atoms with Crippen molar-refractivity contribution in [1.29, 1.82) is 0 Å². The lowest BCUT2D eigenvalue weighted by Crippen LogP contribution is -2.45. The predicted molar refractivity (Wildman–Crippen MR) is 91.3 cm³/mol. The van der Waals surface area contributed by atoms with Gasteiger partial charge in [0, 0.05) is 19.1 Å². The second kappa shape index (κ2) is 8.87. The molecule has 1 aromatic carbocycles. The SMILES string of the molecule is CCCCN1CCC(NC(=O)c2c(F)ccc(OC)c2OC)CC1. The Balaban J connectivity index is 2.01. The van der Waals surface area contributed by atoms with Gasteiger partial charge >= 0.3 is 0 Å². The zero-order valence-corrected chi connectivity index (χ0v) is 14.7. The van der Waals surface area contributed by atoms with Gasteiger partial charge in [0.2, 0.25) is 0 Å². The van der Waals surface area contributed by atoms with Crippen molar-refractivity contribution in [3.63, 3.8) is 0 Å². The number of ether oxygens (including phenoxy) is 2. The van der Waals surface area contributed by atoms with E-state index in [4.69, 9.17) is 9.47 Å². The van der Waals surface area contributed by atoms with Crippen LogP contribution in [0.4, 0.5) is 4.39 Å². The van der Waals surface area contributed by atoms with Gasteiger partial charge in [0.15, 0.2) is 11.5 Å². The Labute approximate surface area is 143 Å². The maximum Gasteiger partial charge on any atom is 0.258 e.